The molecule has 0 amide bonds. The molecule has 0 aliphatic rings. The Morgan fingerprint density at radius 3 is 1.86 bits per heavy atom. The number of para-hydroxylation sites is 1. The molecule has 0 fully saturated rings. The van der Waals surface area contributed by atoms with Crippen LogP contribution in [0.3, 0.4) is 0 Å². The summed E-state index contributed by atoms with van der Waals surface area (Å²) < 4.78 is 6.61. The van der Waals surface area contributed by atoms with E-state index in [0.717, 1.165) is 60.8 Å². The van der Waals surface area contributed by atoms with E-state index in [4.69, 9.17) is 9.40 Å². The fourth-order valence-electron chi connectivity index (χ4n) is 8.43. The minimum Gasteiger partial charge on any atom is -0.435 e. The van der Waals surface area contributed by atoms with E-state index in [9.17, 15) is 0 Å². The lowest BCUT2D eigenvalue weighted by Crippen LogP contribution is -2.11. The molecule has 3 heteroatoms. The zero-order chi connectivity index (χ0) is 37.0. The Morgan fingerprint density at radius 1 is 0.375 bits per heavy atom. The molecule has 3 nitrogen and oxygen atoms in total. The fourth-order valence-corrected chi connectivity index (χ4v) is 8.43. The molecule has 11 aromatic rings. The first-order valence-electron chi connectivity index (χ1n) is 19.0. The first-order chi connectivity index (χ1) is 27.8. The SMILES string of the molecule is c1ccc(-c2nc3ccc4ccc5ccc6cc(N(c7cccc(-c8cccc9ccccc89)c7)c7ccccc7-c7ccccc7)ccc6c5c4c3o2)cc1. The minimum atomic E-state index is 0.631. The average molecular weight is 715 g/mol. The van der Waals surface area contributed by atoms with Crippen molar-refractivity contribution in [3.63, 3.8) is 0 Å². The van der Waals surface area contributed by atoms with Crippen LogP contribution in [0.15, 0.2) is 211 Å². The predicted molar refractivity (Wildman–Crippen MR) is 235 cm³/mol. The molecule has 0 N–H and O–H groups in total. The van der Waals surface area contributed by atoms with Gasteiger partial charge in [0.1, 0.15) is 5.52 Å². The maximum atomic E-state index is 6.61. The number of hydrogen-bond donors (Lipinski definition) is 0. The third-order valence-electron chi connectivity index (χ3n) is 11.0. The lowest BCUT2D eigenvalue weighted by atomic mass is 9.95. The Balaban J connectivity index is 1.14. The van der Waals surface area contributed by atoms with Crippen LogP contribution < -0.4 is 4.90 Å². The molecule has 0 atom stereocenters. The van der Waals surface area contributed by atoms with Crippen molar-refractivity contribution in [2.45, 2.75) is 0 Å². The fraction of sp³-hybridized carbons (Fsp3) is 0. The standard InChI is InChI=1S/C53H34N2O/c1-3-13-36(14-4-1)46-22-9-10-24-49(46)55(42-20-11-19-40(33-42)45-23-12-18-35-15-7-8-21-44(35)45)43-30-31-47-41(34-43)28-27-37-25-26-38-29-32-48-52(51(38)50(37)47)56-53(54-48)39-16-5-2-6-17-39/h1-34H. The normalized spacial score (nSPS) is 11.6. The highest BCUT2D eigenvalue weighted by Gasteiger charge is 2.20. The summed E-state index contributed by atoms with van der Waals surface area (Å²) in [6.07, 6.45) is 0. The average Bonchev–Trinajstić information content (AvgIpc) is 3.72. The van der Waals surface area contributed by atoms with Gasteiger partial charge in [0, 0.05) is 33.3 Å². The van der Waals surface area contributed by atoms with E-state index < -0.39 is 0 Å². The summed E-state index contributed by atoms with van der Waals surface area (Å²) in [7, 11) is 0. The third kappa shape index (κ3) is 5.32. The highest BCUT2D eigenvalue weighted by atomic mass is 16.3. The number of oxazole rings is 1. The number of hydrogen-bond acceptors (Lipinski definition) is 3. The van der Waals surface area contributed by atoms with E-state index in [2.05, 4.69) is 181 Å². The van der Waals surface area contributed by atoms with Crippen LogP contribution in [0.5, 0.6) is 0 Å². The molecule has 11 rings (SSSR count). The molecule has 1 aromatic heterocycles. The third-order valence-corrected chi connectivity index (χ3v) is 11.0. The van der Waals surface area contributed by atoms with E-state index in [1.807, 2.05) is 30.3 Å². The molecule has 0 spiro atoms. The van der Waals surface area contributed by atoms with Crippen molar-refractivity contribution in [3.8, 4) is 33.7 Å². The molecular formula is C53H34N2O. The first-order valence-corrected chi connectivity index (χ1v) is 19.0. The number of aromatic nitrogens is 1. The van der Waals surface area contributed by atoms with Crippen LogP contribution in [-0.4, -0.2) is 4.98 Å². The molecule has 0 saturated carbocycles. The summed E-state index contributed by atoms with van der Waals surface area (Å²) in [4.78, 5) is 7.34. The molecule has 0 unspecified atom stereocenters. The van der Waals surface area contributed by atoms with Gasteiger partial charge in [-0.1, -0.05) is 158 Å². The Morgan fingerprint density at radius 2 is 1.00 bits per heavy atom. The quantitative estimate of drug-likeness (QED) is 0.161. The molecule has 262 valence electrons. The number of benzene rings is 10. The second kappa shape index (κ2) is 13.1. The van der Waals surface area contributed by atoms with Gasteiger partial charge >= 0.3 is 0 Å². The zero-order valence-electron chi connectivity index (χ0n) is 30.4. The van der Waals surface area contributed by atoms with Crippen LogP contribution in [0.4, 0.5) is 17.1 Å². The number of rotatable bonds is 6. The maximum absolute atomic E-state index is 6.61. The van der Waals surface area contributed by atoms with Gasteiger partial charge in [-0.2, -0.15) is 0 Å². The van der Waals surface area contributed by atoms with E-state index >= 15 is 0 Å². The number of nitrogens with zero attached hydrogens (tertiary/aromatic N) is 2. The van der Waals surface area contributed by atoms with E-state index in [1.165, 1.54) is 38.2 Å². The summed E-state index contributed by atoms with van der Waals surface area (Å²) >= 11 is 0. The Hall–Kier alpha value is -7.49. The predicted octanol–water partition coefficient (Wildman–Crippen LogP) is 14.9. The Labute approximate surface area is 324 Å². The van der Waals surface area contributed by atoms with Gasteiger partial charge in [-0.05, 0) is 97.5 Å². The van der Waals surface area contributed by atoms with Crippen molar-refractivity contribution < 1.29 is 4.42 Å². The molecule has 10 aromatic carbocycles. The molecule has 0 bridgehead atoms. The maximum Gasteiger partial charge on any atom is 0.227 e. The molecular weight excluding hydrogens is 681 g/mol. The monoisotopic (exact) mass is 714 g/mol. The van der Waals surface area contributed by atoms with Crippen LogP contribution >= 0.6 is 0 Å². The van der Waals surface area contributed by atoms with Gasteiger partial charge < -0.3 is 9.32 Å². The molecule has 0 aliphatic heterocycles. The van der Waals surface area contributed by atoms with Crippen molar-refractivity contribution in [2.24, 2.45) is 0 Å². The van der Waals surface area contributed by atoms with Gasteiger partial charge in [-0.15, -0.1) is 0 Å². The topological polar surface area (TPSA) is 29.3 Å². The van der Waals surface area contributed by atoms with Crippen LogP contribution in [0.25, 0.3) is 87.9 Å². The summed E-state index contributed by atoms with van der Waals surface area (Å²) in [6, 6.07) is 73.6. The van der Waals surface area contributed by atoms with Gasteiger partial charge in [0.25, 0.3) is 0 Å². The Bertz CT molecular complexity index is 3250. The second-order valence-corrected chi connectivity index (χ2v) is 14.3. The lowest BCUT2D eigenvalue weighted by molar-refractivity contribution is 0.623. The second-order valence-electron chi connectivity index (χ2n) is 14.3. The molecule has 0 radical (unpaired) electrons. The lowest BCUT2D eigenvalue weighted by Gasteiger charge is -2.29. The summed E-state index contributed by atoms with van der Waals surface area (Å²) in [6.45, 7) is 0. The summed E-state index contributed by atoms with van der Waals surface area (Å²) in [5.41, 5.74) is 10.6. The highest BCUT2D eigenvalue weighted by molar-refractivity contribution is 6.26. The molecule has 1 heterocycles. The molecule has 56 heavy (non-hydrogen) atoms. The Kier molecular flexibility index (Phi) is 7.49. The van der Waals surface area contributed by atoms with Crippen LogP contribution in [0.1, 0.15) is 0 Å². The van der Waals surface area contributed by atoms with Gasteiger partial charge in [0.05, 0.1) is 5.69 Å². The zero-order valence-corrected chi connectivity index (χ0v) is 30.4. The minimum absolute atomic E-state index is 0.631. The van der Waals surface area contributed by atoms with Crippen LogP contribution in [0.2, 0.25) is 0 Å². The summed E-state index contributed by atoms with van der Waals surface area (Å²) in [5, 5.41) is 9.33. The molecule has 0 aliphatic carbocycles. The van der Waals surface area contributed by atoms with E-state index in [-0.39, 0.29) is 0 Å². The van der Waals surface area contributed by atoms with Crippen molar-refractivity contribution in [3.05, 3.63) is 206 Å². The van der Waals surface area contributed by atoms with Gasteiger partial charge in [0.2, 0.25) is 5.89 Å². The number of fused-ring (bicyclic) bond motifs is 8. The van der Waals surface area contributed by atoms with Gasteiger partial charge in [-0.3, -0.25) is 0 Å². The van der Waals surface area contributed by atoms with Gasteiger partial charge in [-0.25, -0.2) is 4.98 Å². The van der Waals surface area contributed by atoms with Crippen LogP contribution in [0, 0.1) is 0 Å². The van der Waals surface area contributed by atoms with Crippen molar-refractivity contribution >= 4 is 71.3 Å². The first kappa shape index (κ1) is 32.0. The van der Waals surface area contributed by atoms with E-state index in [1.54, 1.807) is 0 Å². The van der Waals surface area contributed by atoms with E-state index in [0.29, 0.717) is 5.89 Å². The van der Waals surface area contributed by atoms with Gasteiger partial charge in [0.15, 0.2) is 5.58 Å². The molecule has 0 saturated heterocycles. The smallest absolute Gasteiger partial charge is 0.227 e. The number of anilines is 3. The van der Waals surface area contributed by atoms with Crippen molar-refractivity contribution in [2.75, 3.05) is 4.90 Å². The van der Waals surface area contributed by atoms with Crippen molar-refractivity contribution in [1.29, 1.82) is 0 Å². The largest absolute Gasteiger partial charge is 0.435 e. The highest BCUT2D eigenvalue weighted by Crippen LogP contribution is 2.45. The van der Waals surface area contributed by atoms with Crippen LogP contribution in [-0.2, 0) is 0 Å². The van der Waals surface area contributed by atoms with Crippen molar-refractivity contribution in [1.82, 2.24) is 4.98 Å². The summed E-state index contributed by atoms with van der Waals surface area (Å²) in [5.74, 6) is 0.631.